The van der Waals surface area contributed by atoms with Crippen molar-refractivity contribution in [3.05, 3.63) is 35.9 Å². The molecule has 0 radical (unpaired) electrons. The number of nitrogens with zero attached hydrogens (tertiary/aromatic N) is 1. The first-order chi connectivity index (χ1) is 8.03. The summed E-state index contributed by atoms with van der Waals surface area (Å²) in [7, 11) is -3.45. The first kappa shape index (κ1) is 13.7. The molecule has 0 aliphatic heterocycles. The van der Waals surface area contributed by atoms with Gasteiger partial charge in [0.05, 0.1) is 6.07 Å². The Labute approximate surface area is 102 Å². The fourth-order valence-electron chi connectivity index (χ4n) is 1.52. The maximum Gasteiger partial charge on any atom is 0.225 e. The minimum atomic E-state index is -3.45. The van der Waals surface area contributed by atoms with Crippen LogP contribution in [-0.2, 0) is 16.4 Å². The minimum Gasteiger partial charge on any atom is -0.212 e. The van der Waals surface area contributed by atoms with Crippen LogP contribution in [0.3, 0.4) is 0 Å². The number of hydrogen-bond acceptors (Lipinski definition) is 3. The van der Waals surface area contributed by atoms with Gasteiger partial charge in [-0.05, 0) is 25.3 Å². The van der Waals surface area contributed by atoms with E-state index in [1.807, 2.05) is 30.3 Å². The lowest BCUT2D eigenvalue weighted by Gasteiger charge is -2.12. The normalized spacial score (nSPS) is 12.9. The SMILES string of the molecule is CC(CCc1ccccc1)NS(=O)(=O)CC#N. The fourth-order valence-corrected chi connectivity index (χ4v) is 2.50. The van der Waals surface area contributed by atoms with Gasteiger partial charge in [-0.2, -0.15) is 5.26 Å². The number of aryl methyl sites for hydroxylation is 1. The number of sulfonamides is 1. The Morgan fingerprint density at radius 1 is 1.35 bits per heavy atom. The first-order valence-electron chi connectivity index (χ1n) is 5.44. The molecule has 92 valence electrons. The highest BCUT2D eigenvalue weighted by atomic mass is 32.2. The lowest BCUT2D eigenvalue weighted by Crippen LogP contribution is -2.34. The molecule has 0 fully saturated rings. The van der Waals surface area contributed by atoms with Gasteiger partial charge in [-0.1, -0.05) is 30.3 Å². The molecule has 0 aliphatic carbocycles. The Morgan fingerprint density at radius 2 is 2.00 bits per heavy atom. The number of nitrogens with one attached hydrogen (secondary N) is 1. The van der Waals surface area contributed by atoms with Crippen molar-refractivity contribution < 1.29 is 8.42 Å². The van der Waals surface area contributed by atoms with Crippen LogP contribution in [0.2, 0.25) is 0 Å². The summed E-state index contributed by atoms with van der Waals surface area (Å²) in [6.45, 7) is 1.80. The average Bonchev–Trinajstić information content (AvgIpc) is 2.27. The zero-order valence-electron chi connectivity index (χ0n) is 9.76. The third-order valence-electron chi connectivity index (χ3n) is 2.34. The summed E-state index contributed by atoms with van der Waals surface area (Å²) in [5.74, 6) is -0.483. The van der Waals surface area contributed by atoms with E-state index in [9.17, 15) is 8.42 Å². The Kier molecular flexibility index (Phi) is 5.13. The van der Waals surface area contributed by atoms with E-state index in [-0.39, 0.29) is 6.04 Å². The van der Waals surface area contributed by atoms with Gasteiger partial charge in [-0.25, -0.2) is 13.1 Å². The highest BCUT2D eigenvalue weighted by Crippen LogP contribution is 2.05. The van der Waals surface area contributed by atoms with Gasteiger partial charge in [0.2, 0.25) is 10.0 Å². The van der Waals surface area contributed by atoms with Gasteiger partial charge in [0.1, 0.15) is 0 Å². The number of hydrogen-bond donors (Lipinski definition) is 1. The molecule has 1 N–H and O–H groups in total. The van der Waals surface area contributed by atoms with Crippen molar-refractivity contribution in [2.45, 2.75) is 25.8 Å². The van der Waals surface area contributed by atoms with Crippen molar-refractivity contribution in [1.29, 1.82) is 5.26 Å². The topological polar surface area (TPSA) is 70.0 Å². The molecule has 1 aromatic rings. The van der Waals surface area contributed by atoms with E-state index < -0.39 is 15.8 Å². The largest absolute Gasteiger partial charge is 0.225 e. The van der Waals surface area contributed by atoms with E-state index in [0.29, 0.717) is 6.42 Å². The number of rotatable bonds is 6. The number of nitriles is 1. The van der Waals surface area contributed by atoms with Gasteiger partial charge in [0.25, 0.3) is 0 Å². The molecule has 5 heteroatoms. The van der Waals surface area contributed by atoms with Crippen LogP contribution in [0.4, 0.5) is 0 Å². The molecule has 0 amide bonds. The second-order valence-electron chi connectivity index (χ2n) is 3.96. The molecule has 0 aromatic heterocycles. The van der Waals surface area contributed by atoms with Crippen molar-refractivity contribution in [1.82, 2.24) is 4.72 Å². The summed E-state index contributed by atoms with van der Waals surface area (Å²) in [6.07, 6.45) is 1.53. The fraction of sp³-hybridized carbons (Fsp3) is 0.417. The van der Waals surface area contributed by atoms with E-state index in [0.717, 1.165) is 6.42 Å². The van der Waals surface area contributed by atoms with Crippen LogP contribution >= 0.6 is 0 Å². The standard InChI is InChI=1S/C12H16N2O2S/c1-11(14-17(15,16)10-9-13)7-8-12-5-3-2-4-6-12/h2-6,11,14H,7-8,10H2,1H3. The Morgan fingerprint density at radius 3 is 2.59 bits per heavy atom. The zero-order valence-corrected chi connectivity index (χ0v) is 10.6. The molecule has 1 atom stereocenters. The molecule has 0 aliphatic rings. The lowest BCUT2D eigenvalue weighted by atomic mass is 10.1. The van der Waals surface area contributed by atoms with Crippen molar-refractivity contribution in [3.8, 4) is 6.07 Å². The molecule has 17 heavy (non-hydrogen) atoms. The molecule has 0 saturated carbocycles. The van der Waals surface area contributed by atoms with Crippen LogP contribution in [0.1, 0.15) is 18.9 Å². The molecule has 0 bridgehead atoms. The second kappa shape index (κ2) is 6.38. The van der Waals surface area contributed by atoms with E-state index in [1.165, 1.54) is 5.56 Å². The highest BCUT2D eigenvalue weighted by molar-refractivity contribution is 7.89. The Balaban J connectivity index is 2.41. The van der Waals surface area contributed by atoms with Gasteiger partial charge in [-0.15, -0.1) is 0 Å². The highest BCUT2D eigenvalue weighted by Gasteiger charge is 2.13. The van der Waals surface area contributed by atoms with Crippen molar-refractivity contribution in [2.75, 3.05) is 5.75 Å². The maximum absolute atomic E-state index is 11.3. The summed E-state index contributed by atoms with van der Waals surface area (Å²) < 4.78 is 25.1. The van der Waals surface area contributed by atoms with Crippen molar-refractivity contribution in [2.24, 2.45) is 0 Å². The maximum atomic E-state index is 11.3. The van der Waals surface area contributed by atoms with E-state index in [1.54, 1.807) is 13.0 Å². The predicted molar refractivity (Wildman–Crippen MR) is 66.8 cm³/mol. The molecule has 0 spiro atoms. The Bertz CT molecular complexity index is 477. The third-order valence-corrected chi connectivity index (χ3v) is 3.61. The molecule has 0 heterocycles. The molecule has 1 unspecified atom stereocenters. The third kappa shape index (κ3) is 5.48. The zero-order chi connectivity index (χ0) is 12.7. The van der Waals surface area contributed by atoms with Crippen LogP contribution in [-0.4, -0.2) is 20.2 Å². The predicted octanol–water partition coefficient (Wildman–Crippen LogP) is 1.45. The second-order valence-corrected chi connectivity index (χ2v) is 5.71. The summed E-state index contributed by atoms with van der Waals surface area (Å²) in [4.78, 5) is 0. The van der Waals surface area contributed by atoms with Crippen LogP contribution in [0, 0.1) is 11.3 Å². The summed E-state index contributed by atoms with van der Waals surface area (Å²) in [6, 6.07) is 11.4. The van der Waals surface area contributed by atoms with Gasteiger partial charge < -0.3 is 0 Å². The first-order valence-corrected chi connectivity index (χ1v) is 7.09. The van der Waals surface area contributed by atoms with Crippen molar-refractivity contribution in [3.63, 3.8) is 0 Å². The summed E-state index contributed by atoms with van der Waals surface area (Å²) in [5, 5.41) is 8.35. The van der Waals surface area contributed by atoms with Crippen LogP contribution in [0.5, 0.6) is 0 Å². The van der Waals surface area contributed by atoms with Gasteiger partial charge in [0.15, 0.2) is 5.75 Å². The molecule has 0 saturated heterocycles. The van der Waals surface area contributed by atoms with Gasteiger partial charge in [0, 0.05) is 6.04 Å². The molecule has 1 aromatic carbocycles. The quantitative estimate of drug-likeness (QED) is 0.833. The lowest BCUT2D eigenvalue weighted by molar-refractivity contribution is 0.550. The summed E-state index contributed by atoms with van der Waals surface area (Å²) >= 11 is 0. The molecule has 4 nitrogen and oxygen atoms in total. The van der Waals surface area contributed by atoms with E-state index >= 15 is 0 Å². The van der Waals surface area contributed by atoms with Crippen LogP contribution < -0.4 is 4.72 Å². The monoisotopic (exact) mass is 252 g/mol. The molecular weight excluding hydrogens is 236 g/mol. The van der Waals surface area contributed by atoms with E-state index in [2.05, 4.69) is 4.72 Å². The van der Waals surface area contributed by atoms with Gasteiger partial charge in [-0.3, -0.25) is 0 Å². The molecule has 1 rings (SSSR count). The van der Waals surface area contributed by atoms with Gasteiger partial charge >= 0.3 is 0 Å². The minimum absolute atomic E-state index is 0.159. The average molecular weight is 252 g/mol. The Hall–Kier alpha value is -1.38. The molecular formula is C12H16N2O2S. The van der Waals surface area contributed by atoms with E-state index in [4.69, 9.17) is 5.26 Å². The van der Waals surface area contributed by atoms with Crippen LogP contribution in [0.25, 0.3) is 0 Å². The smallest absolute Gasteiger partial charge is 0.212 e. The number of benzene rings is 1. The summed E-state index contributed by atoms with van der Waals surface area (Å²) in [5.41, 5.74) is 1.18. The van der Waals surface area contributed by atoms with Crippen molar-refractivity contribution >= 4 is 10.0 Å². The van der Waals surface area contributed by atoms with Crippen LogP contribution in [0.15, 0.2) is 30.3 Å².